The van der Waals surface area contributed by atoms with Crippen LogP contribution in [-0.4, -0.2) is 51.9 Å². The quantitative estimate of drug-likeness (QED) is 0.306. The van der Waals surface area contributed by atoms with Crippen molar-refractivity contribution in [2.24, 2.45) is 5.10 Å². The fourth-order valence-corrected chi connectivity index (χ4v) is 2.76. The van der Waals surface area contributed by atoms with Crippen molar-refractivity contribution in [3.05, 3.63) is 47.5 Å². The van der Waals surface area contributed by atoms with Gasteiger partial charge in [0, 0.05) is 12.6 Å². The van der Waals surface area contributed by atoms with Crippen LogP contribution in [0.4, 0.5) is 0 Å². The summed E-state index contributed by atoms with van der Waals surface area (Å²) in [6.07, 6.45) is 1.47. The molecular formula is C17H19N3O5S. The Kier molecular flexibility index (Phi) is 6.18. The third kappa shape index (κ3) is 4.31. The first-order valence-electron chi connectivity index (χ1n) is 7.43. The Morgan fingerprint density at radius 2 is 1.92 bits per heavy atom. The van der Waals surface area contributed by atoms with E-state index in [9.17, 15) is 13.5 Å². The molecule has 9 heteroatoms. The first-order valence-corrected chi connectivity index (χ1v) is 8.61. The lowest BCUT2D eigenvalue weighted by molar-refractivity contribution is 0.373. The van der Waals surface area contributed by atoms with Crippen molar-refractivity contribution in [1.82, 2.24) is 5.01 Å². The topological polar surface area (TPSA) is 112 Å². The number of hydrogen-bond donors (Lipinski definition) is 3. The van der Waals surface area contributed by atoms with Crippen LogP contribution in [0.5, 0.6) is 17.2 Å². The molecule has 138 valence electrons. The summed E-state index contributed by atoms with van der Waals surface area (Å²) < 4.78 is 33.0. The van der Waals surface area contributed by atoms with Crippen molar-refractivity contribution in [3.63, 3.8) is 0 Å². The smallest absolute Gasteiger partial charge is 0.169 e. The molecule has 0 heterocycles. The number of phenolic OH excluding ortho intramolecular Hbond substituents is 1. The van der Waals surface area contributed by atoms with E-state index >= 15 is 0 Å². The van der Waals surface area contributed by atoms with E-state index in [1.807, 2.05) is 0 Å². The van der Waals surface area contributed by atoms with Gasteiger partial charge in [0.05, 0.1) is 25.3 Å². The zero-order chi connectivity index (χ0) is 19.3. The molecular weight excluding hydrogens is 358 g/mol. The maximum Gasteiger partial charge on any atom is 0.169 e. The molecule has 0 spiro atoms. The van der Waals surface area contributed by atoms with Gasteiger partial charge in [-0.1, -0.05) is 0 Å². The Morgan fingerprint density at radius 3 is 2.54 bits per heavy atom. The summed E-state index contributed by atoms with van der Waals surface area (Å²) in [5, 5.41) is 23.2. The molecule has 0 fully saturated rings. The van der Waals surface area contributed by atoms with E-state index in [0.717, 1.165) is 0 Å². The summed E-state index contributed by atoms with van der Waals surface area (Å²) in [5.74, 6) is 0.599. The van der Waals surface area contributed by atoms with Crippen molar-refractivity contribution in [3.8, 4) is 17.2 Å². The van der Waals surface area contributed by atoms with Crippen LogP contribution < -0.4 is 9.47 Å². The molecule has 0 aliphatic rings. The van der Waals surface area contributed by atoms with Gasteiger partial charge in [-0.05, 0) is 42.0 Å². The average Bonchev–Trinajstić information content (AvgIpc) is 2.65. The summed E-state index contributed by atoms with van der Waals surface area (Å²) in [6, 6.07) is 9.12. The Morgan fingerprint density at radius 1 is 1.19 bits per heavy atom. The molecule has 0 saturated carbocycles. The van der Waals surface area contributed by atoms with E-state index in [1.54, 1.807) is 18.2 Å². The molecule has 2 aromatic rings. The molecule has 2 N–H and O–H groups in total. The minimum Gasteiger partial charge on any atom is -0.504 e. The molecule has 2 aromatic carbocycles. The van der Waals surface area contributed by atoms with E-state index < -0.39 is 10.7 Å². The predicted octanol–water partition coefficient (Wildman–Crippen LogP) is 1.67. The Labute approximate surface area is 152 Å². The minimum atomic E-state index is -2.90. The lowest BCUT2D eigenvalue weighted by Gasteiger charge is -2.16. The van der Waals surface area contributed by atoms with Crippen LogP contribution in [0.25, 0.3) is 0 Å². The fraction of sp³-hybridized carbons (Fsp3) is 0.176. The van der Waals surface area contributed by atoms with Crippen LogP contribution in [0.2, 0.25) is 0 Å². The van der Waals surface area contributed by atoms with Crippen molar-refractivity contribution < 1.29 is 23.0 Å². The van der Waals surface area contributed by atoms with Gasteiger partial charge in [-0.25, -0.2) is 8.42 Å². The van der Waals surface area contributed by atoms with E-state index in [4.69, 9.17) is 14.9 Å². The second-order valence-corrected chi connectivity index (χ2v) is 6.18. The van der Waals surface area contributed by atoms with Crippen molar-refractivity contribution >= 4 is 22.8 Å². The zero-order valence-corrected chi connectivity index (χ0v) is 15.4. The molecule has 0 bridgehead atoms. The predicted molar refractivity (Wildman–Crippen MR) is 98.4 cm³/mol. The first kappa shape index (κ1) is 19.3. The average molecular weight is 377 g/mol. The van der Waals surface area contributed by atoms with Crippen LogP contribution in [0.15, 0.2) is 46.4 Å². The third-order valence-electron chi connectivity index (χ3n) is 3.56. The molecule has 0 unspecified atom stereocenters. The summed E-state index contributed by atoms with van der Waals surface area (Å²) in [4.78, 5) is -0.0160. The Bertz CT molecular complexity index is 917. The van der Waals surface area contributed by atoms with Gasteiger partial charge in [-0.3, -0.25) is 10.4 Å². The number of hydrazone groups is 1. The highest BCUT2D eigenvalue weighted by Gasteiger charge is 2.14. The van der Waals surface area contributed by atoms with Crippen molar-refractivity contribution in [1.29, 1.82) is 5.41 Å². The second-order valence-electron chi connectivity index (χ2n) is 5.19. The molecule has 0 amide bonds. The first-order chi connectivity index (χ1) is 12.4. The van der Waals surface area contributed by atoms with Crippen molar-refractivity contribution in [2.45, 2.75) is 4.90 Å². The summed E-state index contributed by atoms with van der Waals surface area (Å²) in [5.41, 5.74) is 0.856. The summed E-state index contributed by atoms with van der Waals surface area (Å²) >= 11 is 0. The largest absolute Gasteiger partial charge is 0.504 e. The molecule has 0 aliphatic carbocycles. The van der Waals surface area contributed by atoms with E-state index in [2.05, 4.69) is 5.10 Å². The van der Waals surface area contributed by atoms with Crippen molar-refractivity contribution in [2.75, 3.05) is 21.3 Å². The molecule has 26 heavy (non-hydrogen) atoms. The van der Waals surface area contributed by atoms with Gasteiger partial charge in [0.2, 0.25) is 0 Å². The maximum absolute atomic E-state index is 11.5. The van der Waals surface area contributed by atoms with Gasteiger partial charge in [0.25, 0.3) is 0 Å². The highest BCUT2D eigenvalue weighted by atomic mass is 32.2. The fourth-order valence-electron chi connectivity index (χ4n) is 2.15. The highest BCUT2D eigenvalue weighted by molar-refractivity contribution is 7.72. The number of phenols is 1. The minimum absolute atomic E-state index is 0.00729. The lowest BCUT2D eigenvalue weighted by atomic mass is 10.2. The number of aromatic hydroxyl groups is 1. The molecule has 0 radical (unpaired) electrons. The molecule has 2 rings (SSSR count). The maximum atomic E-state index is 11.5. The summed E-state index contributed by atoms with van der Waals surface area (Å²) in [6.45, 7) is 0. The lowest BCUT2D eigenvalue weighted by Crippen LogP contribution is -2.22. The Hall–Kier alpha value is -3.07. The standard InChI is InChI=1S/C17H19N3O5S/c1-20(19-10-11-4-7-14(21)15(8-11)25-3)17(18)13-6-5-12(24-2)9-16(13)26(22)23/h4-10,18,21,26H,1-3H3/b18-17?,19-10+. The molecule has 0 atom stereocenters. The van der Waals surface area contributed by atoms with E-state index in [0.29, 0.717) is 17.1 Å². The number of rotatable bonds is 6. The second kappa shape index (κ2) is 8.34. The van der Waals surface area contributed by atoms with Crippen LogP contribution in [0.3, 0.4) is 0 Å². The molecule has 8 nitrogen and oxygen atoms in total. The molecule has 0 saturated heterocycles. The highest BCUT2D eigenvalue weighted by Crippen LogP contribution is 2.25. The number of thiol groups is 1. The van der Waals surface area contributed by atoms with Crippen LogP contribution in [0.1, 0.15) is 11.1 Å². The van der Waals surface area contributed by atoms with Crippen LogP contribution >= 0.6 is 0 Å². The SMILES string of the molecule is COc1ccc(C(=N)N(C)/N=C/c2ccc(O)c(OC)c2)c([SH](=O)=O)c1. The number of hydrogen-bond acceptors (Lipinski definition) is 7. The van der Waals surface area contributed by atoms with Gasteiger partial charge < -0.3 is 14.6 Å². The molecule has 0 aliphatic heterocycles. The third-order valence-corrected chi connectivity index (χ3v) is 4.33. The number of nitrogens with one attached hydrogen (secondary N) is 1. The molecule has 0 aromatic heterocycles. The number of benzene rings is 2. The number of methoxy groups -OCH3 is 2. The van der Waals surface area contributed by atoms with Crippen LogP contribution in [0, 0.1) is 5.41 Å². The van der Waals surface area contributed by atoms with Gasteiger partial charge >= 0.3 is 0 Å². The normalized spacial score (nSPS) is 10.9. The van der Waals surface area contributed by atoms with Gasteiger partial charge in [-0.2, -0.15) is 5.10 Å². The van der Waals surface area contributed by atoms with Gasteiger partial charge in [-0.15, -0.1) is 0 Å². The zero-order valence-electron chi connectivity index (χ0n) is 14.5. The van der Waals surface area contributed by atoms with E-state index in [1.165, 1.54) is 50.7 Å². The number of nitrogens with zero attached hydrogens (tertiary/aromatic N) is 2. The summed E-state index contributed by atoms with van der Waals surface area (Å²) in [7, 11) is 1.50. The van der Waals surface area contributed by atoms with Crippen LogP contribution in [-0.2, 0) is 10.7 Å². The number of ether oxygens (including phenoxy) is 2. The van der Waals surface area contributed by atoms with E-state index in [-0.39, 0.29) is 22.0 Å². The monoisotopic (exact) mass is 377 g/mol. The number of amidine groups is 1. The Balaban J connectivity index is 2.27. The van der Waals surface area contributed by atoms with Gasteiger partial charge in [0.15, 0.2) is 22.2 Å². The van der Waals surface area contributed by atoms with Gasteiger partial charge in [0.1, 0.15) is 11.6 Å².